The minimum atomic E-state index is -4.15. The number of fused-ring (bicyclic) bond motifs is 1. The van der Waals surface area contributed by atoms with Crippen molar-refractivity contribution in [1.82, 2.24) is 19.6 Å². The number of sulfonamides is 1. The molecule has 8 nitrogen and oxygen atoms in total. The first-order chi connectivity index (χ1) is 13.3. The molecule has 4 rings (SSSR count). The highest BCUT2D eigenvalue weighted by Crippen LogP contribution is 2.24. The largest absolute Gasteiger partial charge is 0.366 e. The molecule has 142 valence electrons. The van der Waals surface area contributed by atoms with Gasteiger partial charge in [-0.05, 0) is 30.3 Å². The van der Waals surface area contributed by atoms with Crippen LogP contribution in [0.25, 0.3) is 16.8 Å². The maximum absolute atomic E-state index is 13.8. The maximum Gasteiger partial charge on any atom is 0.263 e. The molecule has 0 saturated carbocycles. The van der Waals surface area contributed by atoms with E-state index in [2.05, 4.69) is 19.8 Å². The first-order valence-electron chi connectivity index (χ1n) is 7.87. The quantitative estimate of drug-likeness (QED) is 0.542. The van der Waals surface area contributed by atoms with Crippen molar-refractivity contribution in [2.24, 2.45) is 0 Å². The zero-order valence-electron chi connectivity index (χ0n) is 14.0. The summed E-state index contributed by atoms with van der Waals surface area (Å²) in [7, 11) is -4.15. The highest BCUT2D eigenvalue weighted by atomic mass is 32.2. The fourth-order valence-electron chi connectivity index (χ4n) is 2.57. The number of rotatable bonds is 4. The van der Waals surface area contributed by atoms with E-state index in [-0.39, 0.29) is 16.5 Å². The van der Waals surface area contributed by atoms with E-state index in [1.165, 1.54) is 16.8 Å². The lowest BCUT2D eigenvalue weighted by Crippen LogP contribution is -2.14. The van der Waals surface area contributed by atoms with Gasteiger partial charge in [0.05, 0.1) is 5.69 Å². The van der Waals surface area contributed by atoms with Gasteiger partial charge in [-0.25, -0.2) is 21.7 Å². The van der Waals surface area contributed by atoms with Crippen LogP contribution < -0.4 is 10.5 Å². The summed E-state index contributed by atoms with van der Waals surface area (Å²) in [5.74, 6) is -1.73. The smallest absolute Gasteiger partial charge is 0.263 e. The van der Waals surface area contributed by atoms with Crippen LogP contribution in [0.15, 0.2) is 59.9 Å². The summed E-state index contributed by atoms with van der Waals surface area (Å²) < 4.78 is 55.5. The van der Waals surface area contributed by atoms with Gasteiger partial charge in [-0.15, -0.1) is 5.10 Å². The number of pyridine rings is 2. The van der Waals surface area contributed by atoms with E-state index >= 15 is 0 Å². The SMILES string of the molecule is Nc1nc2ccc(-c3cncc(S(=O)(=O)Nc4ccc(F)cc4F)c3)cn2n1. The molecule has 0 radical (unpaired) electrons. The zero-order chi connectivity index (χ0) is 19.9. The second-order valence-corrected chi connectivity index (χ2v) is 7.51. The molecule has 0 aliphatic carbocycles. The maximum atomic E-state index is 13.8. The van der Waals surface area contributed by atoms with Crippen molar-refractivity contribution in [3.8, 4) is 11.1 Å². The number of nitrogens with two attached hydrogens (primary N) is 1. The minimum Gasteiger partial charge on any atom is -0.366 e. The Morgan fingerprint density at radius 1 is 1.04 bits per heavy atom. The number of hydrogen-bond donors (Lipinski definition) is 2. The molecule has 0 unspecified atom stereocenters. The number of nitrogen functional groups attached to an aromatic ring is 1. The number of hydrogen-bond acceptors (Lipinski definition) is 6. The van der Waals surface area contributed by atoms with Gasteiger partial charge in [-0.3, -0.25) is 9.71 Å². The van der Waals surface area contributed by atoms with Gasteiger partial charge < -0.3 is 5.73 Å². The number of aromatic nitrogens is 4. The highest BCUT2D eigenvalue weighted by Gasteiger charge is 2.18. The van der Waals surface area contributed by atoms with E-state index in [1.54, 1.807) is 18.3 Å². The van der Waals surface area contributed by atoms with Crippen molar-refractivity contribution in [3.05, 3.63) is 66.6 Å². The Labute approximate surface area is 157 Å². The average molecular weight is 402 g/mol. The molecule has 0 atom stereocenters. The van der Waals surface area contributed by atoms with E-state index in [0.717, 1.165) is 18.3 Å². The lowest BCUT2D eigenvalue weighted by Gasteiger charge is -2.10. The van der Waals surface area contributed by atoms with E-state index in [9.17, 15) is 17.2 Å². The number of benzene rings is 1. The van der Waals surface area contributed by atoms with Crippen molar-refractivity contribution in [3.63, 3.8) is 0 Å². The first kappa shape index (κ1) is 17.8. The van der Waals surface area contributed by atoms with E-state index in [1.807, 2.05) is 0 Å². The molecule has 3 heterocycles. The Bertz CT molecular complexity index is 1310. The Morgan fingerprint density at radius 2 is 1.86 bits per heavy atom. The summed E-state index contributed by atoms with van der Waals surface area (Å²) in [6.07, 6.45) is 4.22. The fourth-order valence-corrected chi connectivity index (χ4v) is 3.63. The molecule has 3 aromatic heterocycles. The molecule has 4 aromatic rings. The molecule has 11 heteroatoms. The van der Waals surface area contributed by atoms with Gasteiger partial charge in [-0.1, -0.05) is 0 Å². The first-order valence-corrected chi connectivity index (χ1v) is 9.35. The van der Waals surface area contributed by atoms with Crippen LogP contribution in [0.3, 0.4) is 0 Å². The molecular formula is C17H12F2N6O2S. The molecule has 0 saturated heterocycles. The molecule has 1 aromatic carbocycles. The third kappa shape index (κ3) is 3.34. The third-order valence-electron chi connectivity index (χ3n) is 3.88. The van der Waals surface area contributed by atoms with Gasteiger partial charge in [-0.2, -0.15) is 4.98 Å². The molecule has 0 amide bonds. The minimum absolute atomic E-state index is 0.108. The van der Waals surface area contributed by atoms with E-state index in [0.29, 0.717) is 22.8 Å². The lowest BCUT2D eigenvalue weighted by atomic mass is 10.1. The Hall–Kier alpha value is -3.60. The topological polar surface area (TPSA) is 115 Å². The van der Waals surface area contributed by atoms with Crippen molar-refractivity contribution in [2.75, 3.05) is 10.5 Å². The Balaban J connectivity index is 1.70. The fraction of sp³-hybridized carbons (Fsp3) is 0. The second-order valence-electron chi connectivity index (χ2n) is 5.83. The molecular weight excluding hydrogens is 390 g/mol. The van der Waals surface area contributed by atoms with Gasteiger partial charge in [0.1, 0.15) is 16.5 Å². The predicted octanol–water partition coefficient (Wildman–Crippen LogP) is 2.45. The van der Waals surface area contributed by atoms with Crippen molar-refractivity contribution in [2.45, 2.75) is 4.90 Å². The highest BCUT2D eigenvalue weighted by molar-refractivity contribution is 7.92. The van der Waals surface area contributed by atoms with Gasteiger partial charge in [0.25, 0.3) is 10.0 Å². The molecule has 0 bridgehead atoms. The summed E-state index contributed by atoms with van der Waals surface area (Å²) in [6, 6.07) is 7.30. The van der Waals surface area contributed by atoms with Crippen molar-refractivity contribution < 1.29 is 17.2 Å². The molecule has 0 fully saturated rings. The van der Waals surface area contributed by atoms with Crippen LogP contribution in [0.4, 0.5) is 20.4 Å². The molecule has 0 spiro atoms. The van der Waals surface area contributed by atoms with Crippen LogP contribution in [-0.2, 0) is 10.0 Å². The van der Waals surface area contributed by atoms with Gasteiger partial charge in [0, 0.05) is 35.8 Å². The van der Waals surface area contributed by atoms with Crippen LogP contribution >= 0.6 is 0 Å². The summed E-state index contributed by atoms with van der Waals surface area (Å²) in [4.78, 5) is 7.77. The normalized spacial score (nSPS) is 11.6. The number of halogens is 2. The summed E-state index contributed by atoms with van der Waals surface area (Å²) in [5, 5.41) is 4.00. The number of anilines is 2. The standard InChI is InChI=1S/C17H12F2N6O2S/c18-12-2-3-15(14(19)6-12)24-28(26,27)13-5-11(7-21-8-13)10-1-4-16-22-17(20)23-25(16)9-10/h1-9,24H,(H2,20,23). The monoisotopic (exact) mass is 402 g/mol. The summed E-state index contributed by atoms with van der Waals surface area (Å²) >= 11 is 0. The summed E-state index contributed by atoms with van der Waals surface area (Å²) in [5.41, 5.74) is 6.83. The third-order valence-corrected chi connectivity index (χ3v) is 5.21. The molecule has 3 N–H and O–H groups in total. The predicted molar refractivity (Wildman–Crippen MR) is 97.8 cm³/mol. The number of nitrogens with one attached hydrogen (secondary N) is 1. The van der Waals surface area contributed by atoms with Crippen molar-refractivity contribution in [1.29, 1.82) is 0 Å². The Kier molecular flexibility index (Phi) is 4.15. The molecule has 0 aliphatic heterocycles. The van der Waals surface area contributed by atoms with Crippen LogP contribution in [-0.4, -0.2) is 28.0 Å². The Morgan fingerprint density at radius 3 is 2.64 bits per heavy atom. The molecule has 28 heavy (non-hydrogen) atoms. The van der Waals surface area contributed by atoms with Gasteiger partial charge in [0.15, 0.2) is 5.65 Å². The van der Waals surface area contributed by atoms with E-state index < -0.39 is 21.7 Å². The van der Waals surface area contributed by atoms with Crippen LogP contribution in [0, 0.1) is 11.6 Å². The molecule has 0 aliphatic rings. The lowest BCUT2D eigenvalue weighted by molar-refractivity contribution is 0.582. The second kappa shape index (κ2) is 6.53. The average Bonchev–Trinajstić information content (AvgIpc) is 3.03. The van der Waals surface area contributed by atoms with Crippen LogP contribution in [0.1, 0.15) is 0 Å². The van der Waals surface area contributed by atoms with Gasteiger partial charge >= 0.3 is 0 Å². The van der Waals surface area contributed by atoms with Crippen molar-refractivity contribution >= 4 is 27.3 Å². The number of nitrogens with zero attached hydrogens (tertiary/aromatic N) is 4. The van der Waals surface area contributed by atoms with Crippen LogP contribution in [0.2, 0.25) is 0 Å². The van der Waals surface area contributed by atoms with Crippen LogP contribution in [0.5, 0.6) is 0 Å². The van der Waals surface area contributed by atoms with Gasteiger partial charge in [0.2, 0.25) is 5.95 Å². The summed E-state index contributed by atoms with van der Waals surface area (Å²) in [6.45, 7) is 0. The zero-order valence-corrected chi connectivity index (χ0v) is 14.9. The van der Waals surface area contributed by atoms with E-state index in [4.69, 9.17) is 5.73 Å².